The van der Waals surface area contributed by atoms with E-state index in [9.17, 15) is 0 Å². The fourth-order valence-electron chi connectivity index (χ4n) is 1.71. The standard InChI is InChI=1S/C15H25NO2/c1-12(2)13-6-4-7-14(10-13)18-9-5-8-15(3,16)11-17/h4,6-7,10,12,17H,5,8-9,11,16H2,1-3H3. The lowest BCUT2D eigenvalue weighted by Gasteiger charge is -2.21. The third-order valence-corrected chi connectivity index (χ3v) is 3.05. The zero-order valence-corrected chi connectivity index (χ0v) is 11.6. The lowest BCUT2D eigenvalue weighted by molar-refractivity contribution is 0.188. The van der Waals surface area contributed by atoms with Gasteiger partial charge in [0.1, 0.15) is 5.75 Å². The second kappa shape index (κ2) is 6.76. The number of ether oxygens (including phenoxy) is 1. The molecule has 1 aromatic carbocycles. The van der Waals surface area contributed by atoms with E-state index in [2.05, 4.69) is 26.0 Å². The van der Waals surface area contributed by atoms with Gasteiger partial charge in [0.15, 0.2) is 0 Å². The summed E-state index contributed by atoms with van der Waals surface area (Å²) in [5.41, 5.74) is 6.64. The molecule has 1 atom stereocenters. The molecule has 0 aliphatic carbocycles. The van der Waals surface area contributed by atoms with Crippen LogP contribution in [0.2, 0.25) is 0 Å². The molecule has 3 nitrogen and oxygen atoms in total. The quantitative estimate of drug-likeness (QED) is 0.733. The molecule has 0 saturated carbocycles. The molecule has 3 heteroatoms. The molecular formula is C15H25NO2. The van der Waals surface area contributed by atoms with Crippen LogP contribution in [0.15, 0.2) is 24.3 Å². The fraction of sp³-hybridized carbons (Fsp3) is 0.600. The Bertz CT molecular complexity index is 361. The SMILES string of the molecule is CC(C)c1cccc(OCCCC(C)(N)CO)c1. The van der Waals surface area contributed by atoms with Crippen molar-refractivity contribution in [3.8, 4) is 5.75 Å². The van der Waals surface area contributed by atoms with Crippen molar-refractivity contribution >= 4 is 0 Å². The van der Waals surface area contributed by atoms with Gasteiger partial charge in [-0.2, -0.15) is 0 Å². The van der Waals surface area contributed by atoms with Gasteiger partial charge in [-0.15, -0.1) is 0 Å². The molecule has 1 rings (SSSR count). The van der Waals surface area contributed by atoms with Gasteiger partial charge >= 0.3 is 0 Å². The van der Waals surface area contributed by atoms with Crippen molar-refractivity contribution in [2.75, 3.05) is 13.2 Å². The van der Waals surface area contributed by atoms with Gasteiger partial charge < -0.3 is 15.6 Å². The Morgan fingerprint density at radius 3 is 2.72 bits per heavy atom. The molecule has 0 fully saturated rings. The second-order valence-corrected chi connectivity index (χ2v) is 5.49. The summed E-state index contributed by atoms with van der Waals surface area (Å²) in [6, 6.07) is 8.18. The van der Waals surface area contributed by atoms with Crippen molar-refractivity contribution in [3.05, 3.63) is 29.8 Å². The summed E-state index contributed by atoms with van der Waals surface area (Å²) < 4.78 is 5.70. The molecule has 3 N–H and O–H groups in total. The van der Waals surface area contributed by atoms with Crippen LogP contribution in [0.1, 0.15) is 45.1 Å². The number of rotatable bonds is 7. The summed E-state index contributed by atoms with van der Waals surface area (Å²) in [7, 11) is 0. The van der Waals surface area contributed by atoms with Gasteiger partial charge in [-0.25, -0.2) is 0 Å². The first-order chi connectivity index (χ1) is 8.44. The minimum Gasteiger partial charge on any atom is -0.494 e. The Morgan fingerprint density at radius 2 is 2.11 bits per heavy atom. The highest BCUT2D eigenvalue weighted by atomic mass is 16.5. The van der Waals surface area contributed by atoms with Crippen LogP contribution in [0.25, 0.3) is 0 Å². The first kappa shape index (κ1) is 15.0. The highest BCUT2D eigenvalue weighted by Crippen LogP contribution is 2.20. The fourth-order valence-corrected chi connectivity index (χ4v) is 1.71. The van der Waals surface area contributed by atoms with Crippen molar-refractivity contribution in [3.63, 3.8) is 0 Å². The Hall–Kier alpha value is -1.06. The van der Waals surface area contributed by atoms with E-state index in [0.717, 1.165) is 18.6 Å². The van der Waals surface area contributed by atoms with Crippen LogP contribution in [0.5, 0.6) is 5.75 Å². The van der Waals surface area contributed by atoms with Gasteiger partial charge in [0, 0.05) is 5.54 Å². The summed E-state index contributed by atoms with van der Waals surface area (Å²) in [5, 5.41) is 9.04. The van der Waals surface area contributed by atoms with E-state index in [4.69, 9.17) is 15.6 Å². The minimum atomic E-state index is -0.497. The van der Waals surface area contributed by atoms with Crippen molar-refractivity contribution in [1.82, 2.24) is 0 Å². The van der Waals surface area contributed by atoms with Gasteiger partial charge in [0.05, 0.1) is 13.2 Å². The zero-order chi connectivity index (χ0) is 13.6. The largest absolute Gasteiger partial charge is 0.494 e. The van der Waals surface area contributed by atoms with Crippen molar-refractivity contribution in [2.45, 2.75) is 45.1 Å². The van der Waals surface area contributed by atoms with E-state index in [1.54, 1.807) is 0 Å². The predicted octanol–water partition coefficient (Wildman–Crippen LogP) is 2.68. The van der Waals surface area contributed by atoms with Crippen LogP contribution in [0.4, 0.5) is 0 Å². The molecule has 1 unspecified atom stereocenters. The lowest BCUT2D eigenvalue weighted by Crippen LogP contribution is -2.40. The number of nitrogens with two attached hydrogens (primary N) is 1. The summed E-state index contributed by atoms with van der Waals surface area (Å²) >= 11 is 0. The summed E-state index contributed by atoms with van der Waals surface area (Å²) in [5.74, 6) is 1.42. The molecular weight excluding hydrogens is 226 g/mol. The van der Waals surface area contributed by atoms with Crippen LogP contribution < -0.4 is 10.5 Å². The number of hydrogen-bond donors (Lipinski definition) is 2. The second-order valence-electron chi connectivity index (χ2n) is 5.49. The van der Waals surface area contributed by atoms with Crippen LogP contribution in [-0.4, -0.2) is 23.9 Å². The Morgan fingerprint density at radius 1 is 1.39 bits per heavy atom. The van der Waals surface area contributed by atoms with Crippen LogP contribution in [0, 0.1) is 0 Å². The molecule has 0 heterocycles. The van der Waals surface area contributed by atoms with E-state index >= 15 is 0 Å². The first-order valence-corrected chi connectivity index (χ1v) is 6.57. The maximum atomic E-state index is 9.04. The van der Waals surface area contributed by atoms with E-state index < -0.39 is 5.54 Å². The predicted molar refractivity (Wildman–Crippen MR) is 74.9 cm³/mol. The number of aliphatic hydroxyl groups excluding tert-OH is 1. The molecule has 18 heavy (non-hydrogen) atoms. The van der Waals surface area contributed by atoms with Gasteiger partial charge in [0.2, 0.25) is 0 Å². The Kier molecular flexibility index (Phi) is 5.63. The lowest BCUT2D eigenvalue weighted by atomic mass is 9.99. The Labute approximate surface area is 110 Å². The van der Waals surface area contributed by atoms with Gasteiger partial charge in [-0.05, 0) is 43.4 Å². The average Bonchev–Trinajstić information content (AvgIpc) is 2.35. The van der Waals surface area contributed by atoms with Gasteiger partial charge in [0.25, 0.3) is 0 Å². The van der Waals surface area contributed by atoms with Crippen molar-refractivity contribution in [2.24, 2.45) is 5.73 Å². The molecule has 0 spiro atoms. The minimum absolute atomic E-state index is 0.00976. The number of hydrogen-bond acceptors (Lipinski definition) is 3. The average molecular weight is 251 g/mol. The van der Waals surface area contributed by atoms with Gasteiger partial charge in [-0.3, -0.25) is 0 Å². The van der Waals surface area contributed by atoms with Crippen LogP contribution >= 0.6 is 0 Å². The van der Waals surface area contributed by atoms with E-state index in [1.807, 2.05) is 19.1 Å². The third kappa shape index (κ3) is 5.07. The molecule has 102 valence electrons. The zero-order valence-electron chi connectivity index (χ0n) is 11.6. The molecule has 0 aliphatic rings. The summed E-state index contributed by atoms with van der Waals surface area (Å²) in [4.78, 5) is 0. The van der Waals surface area contributed by atoms with Crippen LogP contribution in [-0.2, 0) is 0 Å². The van der Waals surface area contributed by atoms with E-state index in [0.29, 0.717) is 12.5 Å². The third-order valence-electron chi connectivity index (χ3n) is 3.05. The summed E-state index contributed by atoms with van der Waals surface area (Å²) in [6.45, 7) is 6.83. The smallest absolute Gasteiger partial charge is 0.119 e. The monoisotopic (exact) mass is 251 g/mol. The normalized spacial score (nSPS) is 14.6. The maximum Gasteiger partial charge on any atom is 0.119 e. The van der Waals surface area contributed by atoms with Crippen molar-refractivity contribution in [1.29, 1.82) is 0 Å². The number of aliphatic hydroxyl groups is 1. The Balaban J connectivity index is 2.38. The van der Waals surface area contributed by atoms with E-state index in [1.165, 1.54) is 5.56 Å². The highest BCUT2D eigenvalue weighted by molar-refractivity contribution is 5.30. The van der Waals surface area contributed by atoms with Gasteiger partial charge in [-0.1, -0.05) is 26.0 Å². The maximum absolute atomic E-state index is 9.04. The molecule has 0 amide bonds. The molecule has 0 radical (unpaired) electrons. The molecule has 0 bridgehead atoms. The summed E-state index contributed by atoms with van der Waals surface area (Å²) in [6.07, 6.45) is 1.60. The highest BCUT2D eigenvalue weighted by Gasteiger charge is 2.15. The van der Waals surface area contributed by atoms with Crippen molar-refractivity contribution < 1.29 is 9.84 Å². The van der Waals surface area contributed by atoms with Crippen LogP contribution in [0.3, 0.4) is 0 Å². The topological polar surface area (TPSA) is 55.5 Å². The molecule has 1 aromatic rings. The first-order valence-electron chi connectivity index (χ1n) is 6.57. The molecule has 0 aliphatic heterocycles. The van der Waals surface area contributed by atoms with E-state index in [-0.39, 0.29) is 6.61 Å². The molecule has 0 saturated heterocycles. The number of benzene rings is 1. The molecule has 0 aromatic heterocycles.